The van der Waals surface area contributed by atoms with Gasteiger partial charge in [-0.05, 0) is 33.8 Å². The van der Waals surface area contributed by atoms with Gasteiger partial charge in [0.1, 0.15) is 0 Å². The van der Waals surface area contributed by atoms with E-state index in [0.717, 1.165) is 5.69 Å². The van der Waals surface area contributed by atoms with Crippen LogP contribution in [0.5, 0.6) is 0 Å². The molecule has 0 aliphatic heterocycles. The molecule has 0 fully saturated rings. The SMILES string of the molecule is CC(C)(O)C(C)(C)OB(O)c1cc(-n2ccnc2)cs1. The lowest BCUT2D eigenvalue weighted by Crippen LogP contribution is -2.52. The van der Waals surface area contributed by atoms with Gasteiger partial charge in [0.25, 0.3) is 0 Å². The van der Waals surface area contributed by atoms with Crippen molar-refractivity contribution in [3.63, 3.8) is 0 Å². The molecule has 2 rings (SSSR count). The maximum Gasteiger partial charge on any atom is 0.502 e. The Balaban J connectivity index is 2.13. The van der Waals surface area contributed by atoms with Gasteiger partial charge in [-0.3, -0.25) is 0 Å². The molecule has 0 saturated carbocycles. The molecular weight excluding hydrogens is 275 g/mol. The number of imidazole rings is 1. The van der Waals surface area contributed by atoms with Gasteiger partial charge in [0.2, 0.25) is 0 Å². The maximum absolute atomic E-state index is 10.2. The summed E-state index contributed by atoms with van der Waals surface area (Å²) in [5.41, 5.74) is -1.00. The highest BCUT2D eigenvalue weighted by Gasteiger charge is 2.39. The molecule has 2 N–H and O–H groups in total. The quantitative estimate of drug-likeness (QED) is 0.813. The summed E-state index contributed by atoms with van der Waals surface area (Å²) in [7, 11) is -1.07. The average Bonchev–Trinajstić information content (AvgIpc) is 2.98. The van der Waals surface area contributed by atoms with Crippen molar-refractivity contribution in [2.24, 2.45) is 0 Å². The van der Waals surface area contributed by atoms with Crippen molar-refractivity contribution in [2.75, 3.05) is 0 Å². The standard InChI is InChI=1S/C13H19BN2O3S/c1-12(2,17)13(3,4)19-14(18)11-7-10(8-20-11)16-6-5-15-9-16/h5-9,17-18H,1-4H3. The van der Waals surface area contributed by atoms with Crippen LogP contribution in [-0.2, 0) is 4.65 Å². The minimum atomic E-state index is -1.07. The second-order valence-electron chi connectivity index (χ2n) is 5.72. The Hall–Kier alpha value is -1.15. The van der Waals surface area contributed by atoms with E-state index in [2.05, 4.69) is 4.98 Å². The van der Waals surface area contributed by atoms with Crippen LogP contribution in [0.4, 0.5) is 0 Å². The Bertz CT molecular complexity index is 560. The van der Waals surface area contributed by atoms with E-state index >= 15 is 0 Å². The van der Waals surface area contributed by atoms with E-state index in [9.17, 15) is 10.1 Å². The second kappa shape index (κ2) is 5.33. The van der Waals surface area contributed by atoms with E-state index in [4.69, 9.17) is 4.65 Å². The van der Waals surface area contributed by atoms with Crippen LogP contribution in [0.3, 0.4) is 0 Å². The third-order valence-electron chi connectivity index (χ3n) is 3.53. The first-order valence-electron chi connectivity index (χ1n) is 6.36. The summed E-state index contributed by atoms with van der Waals surface area (Å²) in [6.45, 7) is 6.82. The summed E-state index contributed by atoms with van der Waals surface area (Å²) in [6.07, 6.45) is 5.22. The molecule has 0 amide bonds. The van der Waals surface area contributed by atoms with Gasteiger partial charge in [-0.2, -0.15) is 11.3 Å². The lowest BCUT2D eigenvalue weighted by molar-refractivity contribution is -0.0981. The lowest BCUT2D eigenvalue weighted by atomic mass is 9.82. The molecule has 0 aliphatic rings. The van der Waals surface area contributed by atoms with Crippen molar-refractivity contribution in [1.29, 1.82) is 0 Å². The number of hydrogen-bond donors (Lipinski definition) is 2. The predicted molar refractivity (Wildman–Crippen MR) is 80.5 cm³/mol. The van der Waals surface area contributed by atoms with Crippen LogP contribution in [0.15, 0.2) is 30.2 Å². The van der Waals surface area contributed by atoms with E-state index in [1.807, 2.05) is 22.2 Å². The summed E-state index contributed by atoms with van der Waals surface area (Å²) >= 11 is 1.40. The number of hydrogen-bond acceptors (Lipinski definition) is 5. The van der Waals surface area contributed by atoms with E-state index in [0.29, 0.717) is 4.78 Å². The molecule has 5 nitrogen and oxygen atoms in total. The topological polar surface area (TPSA) is 67.5 Å². The van der Waals surface area contributed by atoms with Crippen molar-refractivity contribution in [3.8, 4) is 5.69 Å². The van der Waals surface area contributed by atoms with E-state index in [-0.39, 0.29) is 0 Å². The fourth-order valence-electron chi connectivity index (χ4n) is 1.50. The van der Waals surface area contributed by atoms with Gasteiger partial charge in [0, 0.05) is 22.6 Å². The Kier molecular flexibility index (Phi) is 4.06. The zero-order valence-electron chi connectivity index (χ0n) is 12.1. The molecule has 20 heavy (non-hydrogen) atoms. The van der Waals surface area contributed by atoms with Crippen LogP contribution in [0.2, 0.25) is 0 Å². The van der Waals surface area contributed by atoms with Gasteiger partial charge in [-0.25, -0.2) is 4.98 Å². The van der Waals surface area contributed by atoms with Crippen LogP contribution >= 0.6 is 11.3 Å². The molecule has 2 aromatic heterocycles. The first-order valence-corrected chi connectivity index (χ1v) is 7.24. The Morgan fingerprint density at radius 3 is 2.60 bits per heavy atom. The third kappa shape index (κ3) is 3.12. The first-order chi connectivity index (χ1) is 9.21. The number of rotatable bonds is 5. The van der Waals surface area contributed by atoms with Crippen molar-refractivity contribution in [1.82, 2.24) is 9.55 Å². The highest BCUT2D eigenvalue weighted by atomic mass is 32.1. The van der Waals surface area contributed by atoms with Crippen molar-refractivity contribution in [2.45, 2.75) is 38.9 Å². The smallest absolute Gasteiger partial charge is 0.423 e. The first kappa shape index (κ1) is 15.2. The molecule has 0 bridgehead atoms. The molecule has 0 atom stereocenters. The molecule has 0 aromatic carbocycles. The zero-order valence-corrected chi connectivity index (χ0v) is 12.9. The fraction of sp³-hybridized carbons (Fsp3) is 0.462. The molecule has 2 heterocycles. The number of aliphatic hydroxyl groups is 1. The minimum absolute atomic E-state index is 0.686. The highest BCUT2D eigenvalue weighted by Crippen LogP contribution is 2.25. The zero-order chi connectivity index (χ0) is 15.0. The van der Waals surface area contributed by atoms with Gasteiger partial charge in [0.15, 0.2) is 0 Å². The largest absolute Gasteiger partial charge is 0.502 e. The molecule has 0 radical (unpaired) electrons. The monoisotopic (exact) mass is 294 g/mol. The Morgan fingerprint density at radius 1 is 1.35 bits per heavy atom. The predicted octanol–water partition coefficient (Wildman–Crippen LogP) is 1.19. The minimum Gasteiger partial charge on any atom is -0.423 e. The van der Waals surface area contributed by atoms with Crippen molar-refractivity contribution >= 4 is 23.2 Å². The second-order valence-corrected chi connectivity index (χ2v) is 6.66. The summed E-state index contributed by atoms with van der Waals surface area (Å²) in [4.78, 5) is 3.99. The number of nitrogens with zero attached hydrogens (tertiary/aromatic N) is 2. The van der Waals surface area contributed by atoms with Crippen molar-refractivity contribution < 1.29 is 14.8 Å². The fourth-order valence-corrected chi connectivity index (χ4v) is 2.30. The van der Waals surface area contributed by atoms with Crippen LogP contribution in [0.1, 0.15) is 27.7 Å². The van der Waals surface area contributed by atoms with Gasteiger partial charge >= 0.3 is 7.12 Å². The molecular formula is C13H19BN2O3S. The van der Waals surface area contributed by atoms with Crippen LogP contribution in [-0.4, -0.2) is 38.0 Å². The lowest BCUT2D eigenvalue weighted by Gasteiger charge is -2.38. The number of aromatic nitrogens is 2. The molecule has 2 aromatic rings. The molecule has 0 spiro atoms. The molecule has 0 aliphatic carbocycles. The highest BCUT2D eigenvalue weighted by molar-refractivity contribution is 7.20. The summed E-state index contributed by atoms with van der Waals surface area (Å²) in [5, 5.41) is 22.2. The molecule has 7 heteroatoms. The van der Waals surface area contributed by atoms with Crippen LogP contribution < -0.4 is 4.78 Å². The van der Waals surface area contributed by atoms with Gasteiger partial charge in [0.05, 0.1) is 23.2 Å². The van der Waals surface area contributed by atoms with Crippen molar-refractivity contribution in [3.05, 3.63) is 30.2 Å². The Labute approximate surface area is 123 Å². The third-order valence-corrected chi connectivity index (χ3v) is 4.48. The summed E-state index contributed by atoms with van der Waals surface area (Å²) < 4.78 is 8.15. The maximum atomic E-state index is 10.2. The average molecular weight is 294 g/mol. The number of thiophene rings is 1. The Morgan fingerprint density at radius 2 is 2.05 bits per heavy atom. The molecule has 0 saturated heterocycles. The molecule has 108 valence electrons. The summed E-state index contributed by atoms with van der Waals surface area (Å²) in [5.74, 6) is 0. The molecule has 0 unspecified atom stereocenters. The van der Waals surface area contributed by atoms with Gasteiger partial charge in [-0.1, -0.05) is 0 Å². The van der Waals surface area contributed by atoms with Crippen LogP contribution in [0, 0.1) is 0 Å². The summed E-state index contributed by atoms with van der Waals surface area (Å²) in [6, 6.07) is 1.84. The van der Waals surface area contributed by atoms with E-state index < -0.39 is 18.3 Å². The van der Waals surface area contributed by atoms with E-state index in [1.54, 1.807) is 40.2 Å². The van der Waals surface area contributed by atoms with E-state index in [1.165, 1.54) is 11.3 Å². The van der Waals surface area contributed by atoms with Gasteiger partial charge in [-0.15, -0.1) is 0 Å². The van der Waals surface area contributed by atoms with Crippen LogP contribution in [0.25, 0.3) is 5.69 Å². The normalized spacial score (nSPS) is 12.7. The van der Waals surface area contributed by atoms with Gasteiger partial charge < -0.3 is 19.4 Å².